The highest BCUT2D eigenvalue weighted by Crippen LogP contribution is 2.18. The van der Waals surface area contributed by atoms with E-state index >= 15 is 0 Å². The van der Waals surface area contributed by atoms with Crippen molar-refractivity contribution in [1.29, 1.82) is 0 Å². The van der Waals surface area contributed by atoms with Gasteiger partial charge in [0.15, 0.2) is 0 Å². The van der Waals surface area contributed by atoms with Crippen molar-refractivity contribution in [3.05, 3.63) is 46.3 Å². The summed E-state index contributed by atoms with van der Waals surface area (Å²) in [4.78, 5) is 0. The molecule has 1 aromatic carbocycles. The first-order valence-electron chi connectivity index (χ1n) is 5.93. The zero-order valence-corrected chi connectivity index (χ0v) is 11.1. The van der Waals surface area contributed by atoms with E-state index in [0.717, 1.165) is 19.5 Å². The Bertz CT molecular complexity index is 388. The second-order valence-electron chi connectivity index (χ2n) is 4.11. The minimum atomic E-state index is -0.186. The zero-order chi connectivity index (χ0) is 12.7. The van der Waals surface area contributed by atoms with Gasteiger partial charge in [-0.25, -0.2) is 4.39 Å². The Hall–Kier alpha value is -0.860. The normalized spacial score (nSPS) is 11.9. The smallest absolute Gasteiger partial charge is 0.126 e. The molecule has 0 fully saturated rings. The molecule has 1 N–H and O–H groups in total. The number of allylic oxidation sites excluding steroid dienone is 1. The van der Waals surface area contributed by atoms with Gasteiger partial charge in [-0.05, 0) is 56.6 Å². The number of rotatable bonds is 6. The van der Waals surface area contributed by atoms with Gasteiger partial charge in [0, 0.05) is 5.02 Å². The van der Waals surface area contributed by atoms with Crippen LogP contribution in [0.1, 0.15) is 25.8 Å². The van der Waals surface area contributed by atoms with Gasteiger partial charge in [0.2, 0.25) is 0 Å². The SMILES string of the molecule is CCNCC/C=C(/C)Cc1cc(Cl)ccc1F. The van der Waals surface area contributed by atoms with Gasteiger partial charge in [-0.1, -0.05) is 30.2 Å². The van der Waals surface area contributed by atoms with Crippen molar-refractivity contribution < 1.29 is 4.39 Å². The molecule has 0 aliphatic rings. The van der Waals surface area contributed by atoms with Crippen molar-refractivity contribution in [2.24, 2.45) is 0 Å². The van der Waals surface area contributed by atoms with E-state index in [4.69, 9.17) is 11.6 Å². The Morgan fingerprint density at radius 3 is 2.94 bits per heavy atom. The van der Waals surface area contributed by atoms with Gasteiger partial charge in [0.05, 0.1) is 0 Å². The molecule has 0 aliphatic carbocycles. The molecule has 94 valence electrons. The van der Waals surface area contributed by atoms with Crippen LogP contribution in [-0.2, 0) is 6.42 Å². The van der Waals surface area contributed by atoms with Crippen molar-refractivity contribution >= 4 is 11.6 Å². The van der Waals surface area contributed by atoms with Crippen LogP contribution in [0.25, 0.3) is 0 Å². The molecular weight excluding hydrogens is 237 g/mol. The van der Waals surface area contributed by atoms with E-state index < -0.39 is 0 Å². The lowest BCUT2D eigenvalue weighted by Gasteiger charge is -2.05. The van der Waals surface area contributed by atoms with Gasteiger partial charge < -0.3 is 5.32 Å². The van der Waals surface area contributed by atoms with Gasteiger partial charge in [0.25, 0.3) is 0 Å². The fourth-order valence-corrected chi connectivity index (χ4v) is 1.84. The maximum absolute atomic E-state index is 13.5. The molecule has 0 heterocycles. The maximum atomic E-state index is 13.5. The minimum Gasteiger partial charge on any atom is -0.317 e. The molecule has 0 spiro atoms. The highest BCUT2D eigenvalue weighted by atomic mass is 35.5. The Kier molecular flexibility index (Phi) is 6.23. The molecular formula is C14H19ClFN. The molecule has 0 aromatic heterocycles. The Balaban J connectivity index is 2.55. The molecule has 0 amide bonds. The third-order valence-corrected chi connectivity index (χ3v) is 2.78. The molecule has 1 nitrogen and oxygen atoms in total. The summed E-state index contributed by atoms with van der Waals surface area (Å²) in [7, 11) is 0. The van der Waals surface area contributed by atoms with Crippen LogP contribution in [0.2, 0.25) is 5.02 Å². The van der Waals surface area contributed by atoms with Crippen molar-refractivity contribution in [2.45, 2.75) is 26.7 Å². The van der Waals surface area contributed by atoms with Crippen molar-refractivity contribution in [3.63, 3.8) is 0 Å². The van der Waals surface area contributed by atoms with Gasteiger partial charge in [0.1, 0.15) is 5.82 Å². The zero-order valence-electron chi connectivity index (χ0n) is 10.4. The molecule has 3 heteroatoms. The van der Waals surface area contributed by atoms with Crippen LogP contribution in [0.15, 0.2) is 29.8 Å². The number of nitrogens with one attached hydrogen (secondary N) is 1. The van der Waals surface area contributed by atoms with Gasteiger partial charge in [-0.3, -0.25) is 0 Å². The number of hydrogen-bond donors (Lipinski definition) is 1. The topological polar surface area (TPSA) is 12.0 Å². The molecule has 0 unspecified atom stereocenters. The summed E-state index contributed by atoms with van der Waals surface area (Å²) in [5.74, 6) is -0.186. The molecule has 0 atom stereocenters. The van der Waals surface area contributed by atoms with Crippen LogP contribution < -0.4 is 5.32 Å². The lowest BCUT2D eigenvalue weighted by molar-refractivity contribution is 0.613. The predicted molar refractivity (Wildman–Crippen MR) is 72.0 cm³/mol. The van der Waals surface area contributed by atoms with Crippen LogP contribution >= 0.6 is 11.6 Å². The monoisotopic (exact) mass is 255 g/mol. The molecule has 0 bridgehead atoms. The summed E-state index contributed by atoms with van der Waals surface area (Å²) in [6, 6.07) is 4.69. The van der Waals surface area contributed by atoms with Crippen LogP contribution in [0.4, 0.5) is 4.39 Å². The van der Waals surface area contributed by atoms with Crippen LogP contribution in [-0.4, -0.2) is 13.1 Å². The van der Waals surface area contributed by atoms with Crippen molar-refractivity contribution in [3.8, 4) is 0 Å². The predicted octanol–water partition coefficient (Wildman–Crippen LogP) is 3.97. The summed E-state index contributed by atoms with van der Waals surface area (Å²) in [6.07, 6.45) is 3.74. The molecule has 0 aliphatic heterocycles. The van der Waals surface area contributed by atoms with E-state index in [-0.39, 0.29) is 5.82 Å². The first-order chi connectivity index (χ1) is 8.13. The van der Waals surface area contributed by atoms with Crippen LogP contribution in [0.5, 0.6) is 0 Å². The van der Waals surface area contributed by atoms with Gasteiger partial charge in [-0.15, -0.1) is 0 Å². The summed E-state index contributed by atoms with van der Waals surface area (Å²) >= 11 is 5.85. The largest absolute Gasteiger partial charge is 0.317 e. The Morgan fingerprint density at radius 2 is 2.24 bits per heavy atom. The Morgan fingerprint density at radius 1 is 1.47 bits per heavy atom. The molecule has 17 heavy (non-hydrogen) atoms. The lowest BCUT2D eigenvalue weighted by Crippen LogP contribution is -2.13. The minimum absolute atomic E-state index is 0.186. The third-order valence-electron chi connectivity index (χ3n) is 2.54. The highest BCUT2D eigenvalue weighted by Gasteiger charge is 2.03. The van der Waals surface area contributed by atoms with Gasteiger partial charge in [-0.2, -0.15) is 0 Å². The van der Waals surface area contributed by atoms with E-state index in [9.17, 15) is 4.39 Å². The van der Waals surface area contributed by atoms with Crippen LogP contribution in [0, 0.1) is 5.82 Å². The van der Waals surface area contributed by atoms with E-state index in [0.29, 0.717) is 17.0 Å². The summed E-state index contributed by atoms with van der Waals surface area (Å²) in [6.45, 7) is 6.05. The van der Waals surface area contributed by atoms with Crippen molar-refractivity contribution in [2.75, 3.05) is 13.1 Å². The number of halogens is 2. The lowest BCUT2D eigenvalue weighted by atomic mass is 10.0. The quantitative estimate of drug-likeness (QED) is 0.599. The molecule has 1 rings (SSSR count). The molecule has 1 aromatic rings. The number of benzene rings is 1. The molecule has 0 saturated carbocycles. The standard InChI is InChI=1S/C14H19ClFN/c1-3-17-8-4-5-11(2)9-12-10-13(15)6-7-14(12)16/h5-7,10,17H,3-4,8-9H2,1-2H3/b11-5-. The first kappa shape index (κ1) is 14.2. The second kappa shape index (κ2) is 7.46. The van der Waals surface area contributed by atoms with E-state index in [2.05, 4.69) is 18.3 Å². The first-order valence-corrected chi connectivity index (χ1v) is 6.31. The summed E-state index contributed by atoms with van der Waals surface area (Å²) < 4.78 is 13.5. The number of hydrogen-bond acceptors (Lipinski definition) is 1. The molecule has 0 radical (unpaired) electrons. The maximum Gasteiger partial charge on any atom is 0.126 e. The van der Waals surface area contributed by atoms with E-state index in [1.165, 1.54) is 11.6 Å². The average Bonchev–Trinajstić information content (AvgIpc) is 2.29. The van der Waals surface area contributed by atoms with Crippen LogP contribution in [0.3, 0.4) is 0 Å². The van der Waals surface area contributed by atoms with E-state index in [1.54, 1.807) is 12.1 Å². The van der Waals surface area contributed by atoms with Gasteiger partial charge >= 0.3 is 0 Å². The van der Waals surface area contributed by atoms with E-state index in [1.807, 2.05) is 6.92 Å². The Labute approximate surface area is 108 Å². The fourth-order valence-electron chi connectivity index (χ4n) is 1.65. The highest BCUT2D eigenvalue weighted by molar-refractivity contribution is 6.30. The molecule has 0 saturated heterocycles. The second-order valence-corrected chi connectivity index (χ2v) is 4.54. The fraction of sp³-hybridized carbons (Fsp3) is 0.429. The average molecular weight is 256 g/mol. The van der Waals surface area contributed by atoms with Crippen molar-refractivity contribution in [1.82, 2.24) is 5.32 Å². The summed E-state index contributed by atoms with van der Waals surface area (Å²) in [5, 5.41) is 3.83. The summed E-state index contributed by atoms with van der Waals surface area (Å²) in [5.41, 5.74) is 1.83. The third kappa shape index (κ3) is 5.33.